The van der Waals surface area contributed by atoms with Gasteiger partial charge in [0.1, 0.15) is 5.75 Å². The van der Waals surface area contributed by atoms with Crippen molar-refractivity contribution in [1.82, 2.24) is 9.78 Å². The van der Waals surface area contributed by atoms with Gasteiger partial charge in [0.15, 0.2) is 5.78 Å². The third-order valence-corrected chi connectivity index (χ3v) is 2.57. The standard InChI is InChI=1S/C13H11F3N2O2/c1-2-18-8-10(7-17-18)12(19)9-3-5-11(6-4-9)20-13(14,15)16/h3-8H,2H2,1H3. The highest BCUT2D eigenvalue weighted by Crippen LogP contribution is 2.23. The van der Waals surface area contributed by atoms with Crippen molar-refractivity contribution < 1.29 is 22.7 Å². The molecule has 0 aliphatic carbocycles. The molecule has 2 aromatic rings. The summed E-state index contributed by atoms with van der Waals surface area (Å²) in [6.07, 6.45) is -1.73. The third kappa shape index (κ3) is 3.37. The molecule has 0 bridgehead atoms. The molecule has 0 unspecified atom stereocenters. The molecule has 0 spiro atoms. The minimum atomic E-state index is -4.74. The van der Waals surface area contributed by atoms with Gasteiger partial charge in [-0.1, -0.05) is 0 Å². The second-order valence-electron chi connectivity index (χ2n) is 3.99. The highest BCUT2D eigenvalue weighted by Gasteiger charge is 2.31. The average Bonchev–Trinajstić information content (AvgIpc) is 2.85. The minimum Gasteiger partial charge on any atom is -0.406 e. The second kappa shape index (κ2) is 5.36. The van der Waals surface area contributed by atoms with Gasteiger partial charge < -0.3 is 4.74 Å². The molecule has 4 nitrogen and oxygen atoms in total. The fourth-order valence-electron chi connectivity index (χ4n) is 1.63. The maximum Gasteiger partial charge on any atom is 0.573 e. The van der Waals surface area contributed by atoms with E-state index in [4.69, 9.17) is 0 Å². The van der Waals surface area contributed by atoms with Crippen molar-refractivity contribution in [2.75, 3.05) is 0 Å². The number of ketones is 1. The van der Waals surface area contributed by atoms with E-state index in [1.165, 1.54) is 18.3 Å². The molecule has 1 aromatic carbocycles. The van der Waals surface area contributed by atoms with Gasteiger partial charge in [0.25, 0.3) is 0 Å². The maximum atomic E-state index is 12.1. The highest BCUT2D eigenvalue weighted by molar-refractivity contribution is 6.08. The van der Waals surface area contributed by atoms with Gasteiger partial charge in [-0.2, -0.15) is 5.10 Å². The Morgan fingerprint density at radius 1 is 1.25 bits per heavy atom. The fraction of sp³-hybridized carbons (Fsp3) is 0.231. The van der Waals surface area contributed by atoms with Crippen molar-refractivity contribution in [3.8, 4) is 5.75 Å². The Labute approximate surface area is 112 Å². The zero-order chi connectivity index (χ0) is 14.8. The topological polar surface area (TPSA) is 44.1 Å². The van der Waals surface area contributed by atoms with E-state index in [0.29, 0.717) is 12.1 Å². The number of aromatic nitrogens is 2. The number of alkyl halides is 3. The van der Waals surface area contributed by atoms with Gasteiger partial charge in [-0.05, 0) is 31.2 Å². The largest absolute Gasteiger partial charge is 0.573 e. The Morgan fingerprint density at radius 3 is 2.40 bits per heavy atom. The van der Waals surface area contributed by atoms with Crippen LogP contribution in [0, 0.1) is 0 Å². The second-order valence-corrected chi connectivity index (χ2v) is 3.99. The highest BCUT2D eigenvalue weighted by atomic mass is 19.4. The lowest BCUT2D eigenvalue weighted by molar-refractivity contribution is -0.274. The van der Waals surface area contributed by atoms with Gasteiger partial charge in [0.05, 0.1) is 11.8 Å². The van der Waals surface area contributed by atoms with Crippen molar-refractivity contribution in [3.63, 3.8) is 0 Å². The van der Waals surface area contributed by atoms with E-state index in [9.17, 15) is 18.0 Å². The minimum absolute atomic E-state index is 0.273. The number of benzene rings is 1. The molecule has 0 amide bonds. The summed E-state index contributed by atoms with van der Waals surface area (Å²) < 4.78 is 41.3. The number of hydrogen-bond acceptors (Lipinski definition) is 3. The molecule has 106 valence electrons. The molecular weight excluding hydrogens is 273 g/mol. The Kier molecular flexibility index (Phi) is 3.78. The Balaban J connectivity index is 2.15. The third-order valence-electron chi connectivity index (χ3n) is 2.57. The number of carbonyl (C=O) groups is 1. The van der Waals surface area contributed by atoms with Crippen molar-refractivity contribution in [2.45, 2.75) is 19.8 Å². The van der Waals surface area contributed by atoms with E-state index in [-0.39, 0.29) is 17.1 Å². The number of carbonyl (C=O) groups excluding carboxylic acids is 1. The predicted octanol–water partition coefficient (Wildman–Crippen LogP) is 3.03. The lowest BCUT2D eigenvalue weighted by Crippen LogP contribution is -2.17. The van der Waals surface area contributed by atoms with Crippen LogP contribution >= 0.6 is 0 Å². The molecule has 1 heterocycles. The maximum absolute atomic E-state index is 12.1. The molecule has 0 saturated carbocycles. The first-order chi connectivity index (χ1) is 9.39. The van der Waals surface area contributed by atoms with E-state index in [0.717, 1.165) is 12.1 Å². The molecule has 20 heavy (non-hydrogen) atoms. The zero-order valence-electron chi connectivity index (χ0n) is 10.5. The summed E-state index contributed by atoms with van der Waals surface area (Å²) in [5.41, 5.74) is 0.659. The average molecular weight is 284 g/mol. The van der Waals surface area contributed by atoms with Gasteiger partial charge in [-0.25, -0.2) is 0 Å². The predicted molar refractivity (Wildman–Crippen MR) is 64.5 cm³/mol. The summed E-state index contributed by atoms with van der Waals surface area (Å²) in [7, 11) is 0. The van der Waals surface area contributed by atoms with Crippen LogP contribution in [0.25, 0.3) is 0 Å². The first-order valence-electron chi connectivity index (χ1n) is 5.82. The van der Waals surface area contributed by atoms with E-state index in [1.807, 2.05) is 6.92 Å². The number of aryl methyl sites for hydroxylation is 1. The zero-order valence-corrected chi connectivity index (χ0v) is 10.5. The van der Waals surface area contributed by atoms with Crippen molar-refractivity contribution in [1.29, 1.82) is 0 Å². The normalized spacial score (nSPS) is 11.4. The van der Waals surface area contributed by atoms with E-state index in [1.54, 1.807) is 10.9 Å². The van der Waals surface area contributed by atoms with Gasteiger partial charge in [-0.15, -0.1) is 13.2 Å². The fourth-order valence-corrected chi connectivity index (χ4v) is 1.63. The lowest BCUT2D eigenvalue weighted by Gasteiger charge is -2.08. The quantitative estimate of drug-likeness (QED) is 0.811. The molecule has 7 heteroatoms. The van der Waals surface area contributed by atoms with E-state index < -0.39 is 6.36 Å². The van der Waals surface area contributed by atoms with Crippen LogP contribution in [0.15, 0.2) is 36.7 Å². The molecular formula is C13H11F3N2O2. The first kappa shape index (κ1) is 14.1. The number of halogens is 3. The SMILES string of the molecule is CCn1cc(C(=O)c2ccc(OC(F)(F)F)cc2)cn1. The number of nitrogens with zero attached hydrogens (tertiary/aromatic N) is 2. The molecule has 0 aliphatic heterocycles. The molecule has 0 fully saturated rings. The molecule has 0 saturated heterocycles. The van der Waals surface area contributed by atoms with Gasteiger partial charge in [0, 0.05) is 18.3 Å². The summed E-state index contributed by atoms with van der Waals surface area (Å²) in [5.74, 6) is -0.665. The van der Waals surface area contributed by atoms with Crippen LogP contribution in [0.4, 0.5) is 13.2 Å². The molecule has 1 aromatic heterocycles. The molecule has 2 rings (SSSR count). The summed E-state index contributed by atoms with van der Waals surface area (Å²) in [5, 5.41) is 3.97. The number of ether oxygens (including phenoxy) is 1. The van der Waals surface area contributed by atoms with Crippen LogP contribution in [-0.4, -0.2) is 21.9 Å². The van der Waals surface area contributed by atoms with Crippen LogP contribution in [0.3, 0.4) is 0 Å². The van der Waals surface area contributed by atoms with Crippen molar-refractivity contribution >= 4 is 5.78 Å². The summed E-state index contributed by atoms with van der Waals surface area (Å²) >= 11 is 0. The smallest absolute Gasteiger partial charge is 0.406 e. The molecule has 0 aliphatic rings. The summed E-state index contributed by atoms with van der Waals surface area (Å²) in [6.45, 7) is 2.51. The number of rotatable bonds is 4. The Morgan fingerprint density at radius 2 is 1.90 bits per heavy atom. The van der Waals surface area contributed by atoms with Crippen LogP contribution in [-0.2, 0) is 6.54 Å². The summed E-state index contributed by atoms with van der Waals surface area (Å²) in [6, 6.07) is 4.77. The Hall–Kier alpha value is -2.31. The lowest BCUT2D eigenvalue weighted by atomic mass is 10.1. The van der Waals surface area contributed by atoms with Crippen LogP contribution in [0.5, 0.6) is 5.75 Å². The number of hydrogen-bond donors (Lipinski definition) is 0. The van der Waals surface area contributed by atoms with Crippen LogP contribution < -0.4 is 4.74 Å². The van der Waals surface area contributed by atoms with Crippen molar-refractivity contribution in [2.24, 2.45) is 0 Å². The molecule has 0 N–H and O–H groups in total. The van der Waals surface area contributed by atoms with Crippen LogP contribution in [0.2, 0.25) is 0 Å². The Bertz CT molecular complexity index is 603. The van der Waals surface area contributed by atoms with E-state index >= 15 is 0 Å². The van der Waals surface area contributed by atoms with Gasteiger partial charge >= 0.3 is 6.36 Å². The summed E-state index contributed by atoms with van der Waals surface area (Å²) in [4.78, 5) is 12.1. The molecule has 0 atom stereocenters. The van der Waals surface area contributed by atoms with Gasteiger partial charge in [0.2, 0.25) is 0 Å². The monoisotopic (exact) mass is 284 g/mol. The first-order valence-corrected chi connectivity index (χ1v) is 5.82. The van der Waals surface area contributed by atoms with E-state index in [2.05, 4.69) is 9.84 Å². The van der Waals surface area contributed by atoms with Crippen molar-refractivity contribution in [3.05, 3.63) is 47.8 Å². The van der Waals surface area contributed by atoms with Gasteiger partial charge in [-0.3, -0.25) is 9.48 Å². The molecule has 0 radical (unpaired) electrons. The van der Waals surface area contributed by atoms with Crippen LogP contribution in [0.1, 0.15) is 22.8 Å².